The number of pyridine rings is 1. The van der Waals surface area contributed by atoms with Gasteiger partial charge in [0.15, 0.2) is 0 Å². The van der Waals surface area contributed by atoms with Crippen molar-refractivity contribution in [3.8, 4) is 11.1 Å². The molecule has 3 heterocycles. The molecule has 33 heavy (non-hydrogen) atoms. The van der Waals surface area contributed by atoms with Gasteiger partial charge < -0.3 is 10.3 Å². The van der Waals surface area contributed by atoms with Crippen molar-refractivity contribution in [2.24, 2.45) is 0 Å². The Morgan fingerprint density at radius 1 is 0.939 bits per heavy atom. The highest BCUT2D eigenvalue weighted by atomic mass is 19.4. The van der Waals surface area contributed by atoms with Gasteiger partial charge in [-0.1, -0.05) is 0 Å². The fraction of sp³-hybridized carbons (Fsp3) is 0.143. The lowest BCUT2D eigenvalue weighted by Crippen LogP contribution is -2.23. The molecule has 170 valence electrons. The number of fused-ring (bicyclic) bond motifs is 1. The molecule has 1 aromatic carbocycles. The van der Waals surface area contributed by atoms with Gasteiger partial charge in [0.25, 0.3) is 5.91 Å². The molecule has 12 heteroatoms. The zero-order valence-electron chi connectivity index (χ0n) is 16.4. The van der Waals surface area contributed by atoms with Crippen molar-refractivity contribution in [2.75, 3.05) is 0 Å². The molecule has 0 aliphatic rings. The van der Waals surface area contributed by atoms with Gasteiger partial charge in [-0.05, 0) is 35.9 Å². The molecule has 4 aromatic rings. The van der Waals surface area contributed by atoms with Crippen LogP contribution in [-0.2, 0) is 18.9 Å². The number of aromatic amines is 1. The average Bonchev–Trinajstić information content (AvgIpc) is 3.22. The third-order valence-electron chi connectivity index (χ3n) is 4.73. The van der Waals surface area contributed by atoms with Crippen LogP contribution in [0.3, 0.4) is 0 Å². The first-order chi connectivity index (χ1) is 15.5. The van der Waals surface area contributed by atoms with E-state index < -0.39 is 29.6 Å². The summed E-state index contributed by atoms with van der Waals surface area (Å²) in [6.45, 7) is -0.0942. The van der Waals surface area contributed by atoms with Crippen LogP contribution in [0.2, 0.25) is 0 Å². The molecule has 0 fully saturated rings. The maximum absolute atomic E-state index is 13.2. The molecular weight excluding hydrogens is 452 g/mol. The van der Waals surface area contributed by atoms with Gasteiger partial charge in [-0.2, -0.15) is 26.3 Å². The number of nitrogens with one attached hydrogen (secondary N) is 2. The first-order valence-electron chi connectivity index (χ1n) is 9.32. The lowest BCUT2D eigenvalue weighted by molar-refractivity contribution is -0.141. The molecule has 0 saturated heterocycles. The van der Waals surface area contributed by atoms with Crippen LogP contribution in [-0.4, -0.2) is 25.8 Å². The van der Waals surface area contributed by atoms with E-state index in [1.54, 1.807) is 6.07 Å². The van der Waals surface area contributed by atoms with E-state index in [0.717, 1.165) is 18.3 Å². The van der Waals surface area contributed by atoms with Crippen LogP contribution in [0.4, 0.5) is 26.3 Å². The Hall–Kier alpha value is -3.96. The van der Waals surface area contributed by atoms with Crippen molar-refractivity contribution in [1.82, 2.24) is 25.3 Å². The van der Waals surface area contributed by atoms with Crippen LogP contribution in [0.5, 0.6) is 0 Å². The van der Waals surface area contributed by atoms with Crippen LogP contribution >= 0.6 is 0 Å². The maximum atomic E-state index is 13.2. The Bertz CT molecular complexity index is 1300. The third kappa shape index (κ3) is 4.78. The van der Waals surface area contributed by atoms with Gasteiger partial charge >= 0.3 is 12.4 Å². The number of alkyl halides is 6. The highest BCUT2D eigenvalue weighted by Gasteiger charge is 2.33. The molecule has 0 atom stereocenters. The fourth-order valence-corrected chi connectivity index (χ4v) is 3.21. The number of H-pyrrole nitrogens is 1. The average molecular weight is 465 g/mol. The highest BCUT2D eigenvalue weighted by Crippen LogP contribution is 2.35. The van der Waals surface area contributed by atoms with Crippen LogP contribution in [0.1, 0.15) is 27.3 Å². The second-order valence-corrected chi connectivity index (χ2v) is 7.03. The van der Waals surface area contributed by atoms with Crippen LogP contribution in [0, 0.1) is 0 Å². The summed E-state index contributed by atoms with van der Waals surface area (Å²) < 4.78 is 77.5. The smallest absolute Gasteiger partial charge is 0.351 e. The molecule has 0 aliphatic heterocycles. The number of amides is 1. The number of aromatic nitrogens is 4. The second-order valence-electron chi connectivity index (χ2n) is 7.03. The number of carbonyl (C=O) groups is 1. The summed E-state index contributed by atoms with van der Waals surface area (Å²) in [4.78, 5) is 25.7. The van der Waals surface area contributed by atoms with Gasteiger partial charge in [0.05, 0.1) is 11.1 Å². The number of carbonyl (C=O) groups excluding carboxylic acids is 1. The first-order valence-corrected chi connectivity index (χ1v) is 9.32. The van der Waals surface area contributed by atoms with Crippen LogP contribution in [0.15, 0.2) is 55.2 Å². The molecule has 2 N–H and O–H groups in total. The number of rotatable bonds is 4. The number of hydrogen-bond donors (Lipinski definition) is 2. The Balaban J connectivity index is 1.63. The van der Waals surface area contributed by atoms with Gasteiger partial charge in [-0.25, -0.2) is 9.97 Å². The topological polar surface area (TPSA) is 83.6 Å². The number of halogens is 6. The Morgan fingerprint density at radius 3 is 2.27 bits per heavy atom. The van der Waals surface area contributed by atoms with Crippen molar-refractivity contribution in [3.05, 3.63) is 77.8 Å². The van der Waals surface area contributed by atoms with E-state index in [0.29, 0.717) is 22.8 Å². The molecule has 0 radical (unpaired) electrons. The third-order valence-corrected chi connectivity index (χ3v) is 4.73. The maximum Gasteiger partial charge on any atom is 0.433 e. The fourth-order valence-electron chi connectivity index (χ4n) is 3.21. The number of nitrogens with zero attached hydrogens (tertiary/aromatic N) is 3. The van der Waals surface area contributed by atoms with E-state index in [2.05, 4.69) is 25.3 Å². The molecule has 0 saturated carbocycles. The summed E-state index contributed by atoms with van der Waals surface area (Å²) >= 11 is 0. The van der Waals surface area contributed by atoms with Crippen LogP contribution in [0.25, 0.3) is 22.0 Å². The van der Waals surface area contributed by atoms with Gasteiger partial charge in [-0.3, -0.25) is 9.78 Å². The molecule has 4 rings (SSSR count). The lowest BCUT2D eigenvalue weighted by Gasteiger charge is -2.10. The van der Waals surface area contributed by atoms with Gasteiger partial charge in [0, 0.05) is 41.6 Å². The molecule has 0 aliphatic carbocycles. The van der Waals surface area contributed by atoms with Crippen molar-refractivity contribution in [2.45, 2.75) is 18.9 Å². The monoisotopic (exact) mass is 465 g/mol. The van der Waals surface area contributed by atoms with Crippen molar-refractivity contribution in [1.29, 1.82) is 0 Å². The Labute approximate surface area is 181 Å². The highest BCUT2D eigenvalue weighted by molar-refractivity contribution is 5.96. The molecule has 0 bridgehead atoms. The standard InChI is InChI=1S/C21H13F6N5O/c22-20(23,24)16-2-1-12(9-30-16)19(33)31-6-11-3-13-5-17(21(25,26)27)32-18(13)15(4-11)14-7-28-10-29-8-14/h1-5,7-10,32H,6H2,(H,31,33). The largest absolute Gasteiger partial charge is 0.433 e. The van der Waals surface area contributed by atoms with Crippen molar-refractivity contribution < 1.29 is 31.1 Å². The van der Waals surface area contributed by atoms with E-state index in [4.69, 9.17) is 0 Å². The predicted molar refractivity (Wildman–Crippen MR) is 105 cm³/mol. The molecule has 1 amide bonds. The number of benzene rings is 1. The molecular formula is C21H13F6N5O. The minimum atomic E-state index is -4.63. The van der Waals surface area contributed by atoms with Crippen molar-refractivity contribution >= 4 is 16.8 Å². The summed E-state index contributed by atoms with van der Waals surface area (Å²) in [5.41, 5.74) is -0.634. The molecule has 6 nitrogen and oxygen atoms in total. The summed E-state index contributed by atoms with van der Waals surface area (Å²) in [5, 5.41) is 2.78. The lowest BCUT2D eigenvalue weighted by atomic mass is 10.0. The summed E-state index contributed by atoms with van der Waals surface area (Å²) in [6.07, 6.45) is -4.27. The zero-order valence-corrected chi connectivity index (χ0v) is 16.4. The first kappa shape index (κ1) is 22.2. The molecule has 3 aromatic heterocycles. The van der Waals surface area contributed by atoms with E-state index >= 15 is 0 Å². The normalized spacial score (nSPS) is 12.2. The van der Waals surface area contributed by atoms with E-state index in [-0.39, 0.29) is 23.0 Å². The van der Waals surface area contributed by atoms with E-state index in [9.17, 15) is 31.1 Å². The number of hydrogen-bond acceptors (Lipinski definition) is 4. The van der Waals surface area contributed by atoms with Gasteiger partial charge in [0.1, 0.15) is 17.7 Å². The van der Waals surface area contributed by atoms with Gasteiger partial charge in [0.2, 0.25) is 0 Å². The van der Waals surface area contributed by atoms with E-state index in [1.807, 2.05) is 0 Å². The zero-order chi connectivity index (χ0) is 23.8. The second kappa shape index (κ2) is 8.19. The summed E-state index contributed by atoms with van der Waals surface area (Å²) in [7, 11) is 0. The minimum Gasteiger partial charge on any atom is -0.351 e. The molecule has 0 unspecified atom stereocenters. The van der Waals surface area contributed by atoms with E-state index in [1.165, 1.54) is 24.8 Å². The quantitative estimate of drug-likeness (QED) is 0.416. The molecule has 0 spiro atoms. The summed E-state index contributed by atoms with van der Waals surface area (Å²) in [6, 6.07) is 5.67. The Kier molecular flexibility index (Phi) is 5.52. The summed E-state index contributed by atoms with van der Waals surface area (Å²) in [5.74, 6) is -0.689. The minimum absolute atomic E-state index is 0.0942. The SMILES string of the molecule is O=C(NCc1cc(-c2cncnc2)c2[nH]c(C(F)(F)F)cc2c1)c1ccc(C(F)(F)F)nc1. The van der Waals surface area contributed by atoms with Crippen LogP contribution < -0.4 is 5.32 Å². The Morgan fingerprint density at radius 2 is 1.67 bits per heavy atom. The predicted octanol–water partition coefficient (Wildman–Crippen LogP) is 4.99. The van der Waals surface area contributed by atoms with Gasteiger partial charge in [-0.15, -0.1) is 0 Å². The van der Waals surface area contributed by atoms with Crippen molar-refractivity contribution in [3.63, 3.8) is 0 Å².